The fourth-order valence-corrected chi connectivity index (χ4v) is 2.62. The lowest BCUT2D eigenvalue weighted by Crippen LogP contribution is -2.40. The summed E-state index contributed by atoms with van der Waals surface area (Å²) in [4.78, 5) is 2.52. The molecule has 2 rings (SSSR count). The van der Waals surface area contributed by atoms with Crippen LogP contribution in [0.1, 0.15) is 29.5 Å². The second-order valence-corrected chi connectivity index (χ2v) is 5.33. The Morgan fingerprint density at radius 1 is 1.24 bits per heavy atom. The first-order valence-corrected chi connectivity index (χ1v) is 6.64. The fourth-order valence-electron chi connectivity index (χ4n) is 2.62. The highest BCUT2D eigenvalue weighted by Crippen LogP contribution is 2.17. The van der Waals surface area contributed by atoms with E-state index in [9.17, 15) is 0 Å². The summed E-state index contributed by atoms with van der Waals surface area (Å²) in [6.45, 7) is 7.81. The van der Waals surface area contributed by atoms with Crippen LogP contribution < -0.4 is 5.32 Å². The summed E-state index contributed by atoms with van der Waals surface area (Å²) in [6, 6.07) is 7.51. The molecule has 1 N–H and O–H groups in total. The number of nitrogens with zero attached hydrogens (tertiary/aromatic N) is 1. The van der Waals surface area contributed by atoms with Crippen molar-refractivity contribution in [2.24, 2.45) is 0 Å². The highest BCUT2D eigenvalue weighted by Gasteiger charge is 2.18. The molecule has 2 nitrogen and oxygen atoms in total. The molecule has 17 heavy (non-hydrogen) atoms. The van der Waals surface area contributed by atoms with Gasteiger partial charge < -0.3 is 5.32 Å². The molecule has 0 spiro atoms. The minimum atomic E-state index is 0.746. The molecule has 0 saturated carbocycles. The van der Waals surface area contributed by atoms with Crippen LogP contribution in [0.15, 0.2) is 18.2 Å². The van der Waals surface area contributed by atoms with Gasteiger partial charge in [-0.05, 0) is 58.0 Å². The van der Waals surface area contributed by atoms with Gasteiger partial charge in [-0.15, -0.1) is 0 Å². The molecule has 1 aliphatic rings. The van der Waals surface area contributed by atoms with Crippen LogP contribution in [0, 0.1) is 13.8 Å². The van der Waals surface area contributed by atoms with Gasteiger partial charge in [-0.3, -0.25) is 4.90 Å². The van der Waals surface area contributed by atoms with Gasteiger partial charge in [0, 0.05) is 12.6 Å². The molecule has 0 amide bonds. The summed E-state index contributed by atoms with van der Waals surface area (Å²) in [5, 5.41) is 3.43. The van der Waals surface area contributed by atoms with Crippen LogP contribution in [0.4, 0.5) is 0 Å². The van der Waals surface area contributed by atoms with Crippen LogP contribution in [0.5, 0.6) is 0 Å². The number of rotatable bonds is 3. The number of hydrogen-bond acceptors (Lipinski definition) is 2. The van der Waals surface area contributed by atoms with E-state index in [1.54, 1.807) is 0 Å². The molecular weight excluding hydrogens is 208 g/mol. The van der Waals surface area contributed by atoms with Crippen LogP contribution >= 0.6 is 0 Å². The lowest BCUT2D eigenvalue weighted by molar-refractivity contribution is 0.191. The van der Waals surface area contributed by atoms with E-state index in [2.05, 4.69) is 49.3 Å². The van der Waals surface area contributed by atoms with Gasteiger partial charge >= 0.3 is 0 Å². The van der Waals surface area contributed by atoms with Crippen molar-refractivity contribution in [3.8, 4) is 0 Å². The molecule has 1 aliphatic heterocycles. The first-order valence-electron chi connectivity index (χ1n) is 6.64. The Morgan fingerprint density at radius 2 is 1.94 bits per heavy atom. The second kappa shape index (κ2) is 5.65. The maximum atomic E-state index is 3.43. The van der Waals surface area contributed by atoms with Gasteiger partial charge in [0.15, 0.2) is 0 Å². The summed E-state index contributed by atoms with van der Waals surface area (Å²) in [6.07, 6.45) is 2.56. The van der Waals surface area contributed by atoms with Gasteiger partial charge in [0.25, 0.3) is 0 Å². The van der Waals surface area contributed by atoms with Gasteiger partial charge in [-0.25, -0.2) is 0 Å². The zero-order chi connectivity index (χ0) is 12.3. The number of nitrogens with one attached hydrogen (secondary N) is 1. The van der Waals surface area contributed by atoms with Gasteiger partial charge in [0.05, 0.1) is 0 Å². The van der Waals surface area contributed by atoms with Crippen molar-refractivity contribution < 1.29 is 0 Å². The van der Waals surface area contributed by atoms with Gasteiger partial charge in [0.1, 0.15) is 0 Å². The van der Waals surface area contributed by atoms with E-state index >= 15 is 0 Å². The lowest BCUT2D eigenvalue weighted by Gasteiger charge is -2.32. The first-order chi connectivity index (χ1) is 8.16. The second-order valence-electron chi connectivity index (χ2n) is 5.33. The average molecular weight is 232 g/mol. The molecule has 0 unspecified atom stereocenters. The van der Waals surface area contributed by atoms with E-state index in [-0.39, 0.29) is 0 Å². The highest BCUT2D eigenvalue weighted by molar-refractivity contribution is 5.30. The number of piperidine rings is 1. The van der Waals surface area contributed by atoms with Crippen molar-refractivity contribution in [3.63, 3.8) is 0 Å². The summed E-state index contributed by atoms with van der Waals surface area (Å²) >= 11 is 0. The van der Waals surface area contributed by atoms with Crippen molar-refractivity contribution in [3.05, 3.63) is 34.9 Å². The highest BCUT2D eigenvalue weighted by atomic mass is 15.1. The lowest BCUT2D eigenvalue weighted by atomic mass is 10.0. The van der Waals surface area contributed by atoms with E-state index < -0.39 is 0 Å². The topological polar surface area (TPSA) is 15.3 Å². The van der Waals surface area contributed by atoms with Gasteiger partial charge in [-0.1, -0.05) is 23.8 Å². The molecule has 0 radical (unpaired) electrons. The molecule has 1 aromatic carbocycles. The maximum Gasteiger partial charge on any atom is 0.0236 e. The number of aryl methyl sites for hydroxylation is 2. The van der Waals surface area contributed by atoms with E-state index in [4.69, 9.17) is 0 Å². The quantitative estimate of drug-likeness (QED) is 0.861. The van der Waals surface area contributed by atoms with Crippen LogP contribution in [0.2, 0.25) is 0 Å². The molecule has 1 aromatic rings. The normalized spacial score (nSPS) is 17.6. The van der Waals surface area contributed by atoms with E-state index in [1.165, 1.54) is 42.6 Å². The largest absolute Gasteiger partial charge is 0.317 e. The Labute approximate surface area is 105 Å². The van der Waals surface area contributed by atoms with Crippen molar-refractivity contribution in [1.29, 1.82) is 0 Å². The van der Waals surface area contributed by atoms with Crippen molar-refractivity contribution in [2.45, 2.75) is 39.3 Å². The third kappa shape index (κ3) is 3.30. The molecule has 94 valence electrons. The third-order valence-electron chi connectivity index (χ3n) is 3.86. The molecule has 0 aromatic heterocycles. The summed E-state index contributed by atoms with van der Waals surface area (Å²) in [7, 11) is 2.26. The standard InChI is InChI=1S/C15H24N2/c1-12-4-5-13(2)14(10-12)11-17(3)15-6-8-16-9-7-15/h4-5,10,15-16H,6-9,11H2,1-3H3. The zero-order valence-corrected chi connectivity index (χ0v) is 11.3. The Kier molecular flexibility index (Phi) is 4.19. The number of hydrogen-bond donors (Lipinski definition) is 1. The Morgan fingerprint density at radius 3 is 2.65 bits per heavy atom. The molecule has 2 heteroatoms. The molecule has 0 aliphatic carbocycles. The summed E-state index contributed by atoms with van der Waals surface area (Å²) in [5.74, 6) is 0. The Bertz CT molecular complexity index is 367. The molecular formula is C15H24N2. The molecule has 0 atom stereocenters. The maximum absolute atomic E-state index is 3.43. The smallest absolute Gasteiger partial charge is 0.0236 e. The van der Waals surface area contributed by atoms with E-state index in [1.807, 2.05) is 0 Å². The third-order valence-corrected chi connectivity index (χ3v) is 3.86. The van der Waals surface area contributed by atoms with E-state index in [0.717, 1.165) is 12.6 Å². The predicted molar refractivity (Wildman–Crippen MR) is 73.3 cm³/mol. The van der Waals surface area contributed by atoms with Crippen LogP contribution in [-0.4, -0.2) is 31.1 Å². The van der Waals surface area contributed by atoms with E-state index in [0.29, 0.717) is 0 Å². The van der Waals surface area contributed by atoms with Crippen molar-refractivity contribution >= 4 is 0 Å². The van der Waals surface area contributed by atoms with Gasteiger partial charge in [0.2, 0.25) is 0 Å². The first kappa shape index (κ1) is 12.6. The Hall–Kier alpha value is -0.860. The van der Waals surface area contributed by atoms with Crippen molar-refractivity contribution in [1.82, 2.24) is 10.2 Å². The minimum Gasteiger partial charge on any atom is -0.317 e. The van der Waals surface area contributed by atoms with Gasteiger partial charge in [-0.2, -0.15) is 0 Å². The van der Waals surface area contributed by atoms with Crippen LogP contribution in [0.25, 0.3) is 0 Å². The van der Waals surface area contributed by atoms with Crippen molar-refractivity contribution in [2.75, 3.05) is 20.1 Å². The average Bonchev–Trinajstić information content (AvgIpc) is 2.35. The fraction of sp³-hybridized carbons (Fsp3) is 0.600. The van der Waals surface area contributed by atoms with Crippen LogP contribution in [-0.2, 0) is 6.54 Å². The minimum absolute atomic E-state index is 0.746. The Balaban J connectivity index is 2.01. The summed E-state index contributed by atoms with van der Waals surface area (Å²) in [5.41, 5.74) is 4.26. The van der Waals surface area contributed by atoms with Crippen LogP contribution in [0.3, 0.4) is 0 Å². The molecule has 1 heterocycles. The zero-order valence-electron chi connectivity index (χ0n) is 11.3. The molecule has 1 saturated heterocycles. The summed E-state index contributed by atoms with van der Waals surface area (Å²) < 4.78 is 0. The predicted octanol–water partition coefficient (Wildman–Crippen LogP) is 2.49. The monoisotopic (exact) mass is 232 g/mol. The SMILES string of the molecule is Cc1ccc(C)c(CN(C)C2CCNCC2)c1. The number of benzene rings is 1. The molecule has 0 bridgehead atoms. The molecule has 1 fully saturated rings.